The number of hydrogen-bond donors (Lipinski definition) is 3. The van der Waals surface area contributed by atoms with Gasteiger partial charge in [-0.15, -0.1) is 0 Å². The number of nitrogens with zero attached hydrogens (tertiary/aromatic N) is 1. The molecule has 0 aliphatic rings. The first-order valence-corrected chi connectivity index (χ1v) is 3.89. The minimum absolute atomic E-state index is 0.0245. The third-order valence-electron chi connectivity index (χ3n) is 1.66. The molecule has 4 heteroatoms. The molecule has 0 bridgehead atoms. The van der Waals surface area contributed by atoms with Crippen LogP contribution in [-0.4, -0.2) is 23.0 Å². The van der Waals surface area contributed by atoms with E-state index in [9.17, 15) is 10.2 Å². The van der Waals surface area contributed by atoms with Crippen molar-refractivity contribution in [3.8, 4) is 11.5 Å². The number of phenolic OH excluding ortho intramolecular Hbond substituents is 2. The van der Waals surface area contributed by atoms with Crippen LogP contribution in [0.1, 0.15) is 12.5 Å². The summed E-state index contributed by atoms with van der Waals surface area (Å²) in [6.45, 7) is 1.70. The van der Waals surface area contributed by atoms with E-state index in [2.05, 4.69) is 10.5 Å². The van der Waals surface area contributed by atoms with Gasteiger partial charge in [0.25, 0.3) is 0 Å². The van der Waals surface area contributed by atoms with Gasteiger partial charge in [-0.1, -0.05) is 6.07 Å². The summed E-state index contributed by atoms with van der Waals surface area (Å²) in [7, 11) is 1.65. The molecule has 0 saturated heterocycles. The maximum atomic E-state index is 9.42. The van der Waals surface area contributed by atoms with Gasteiger partial charge in [0.1, 0.15) is 11.5 Å². The molecule has 0 saturated carbocycles. The first-order valence-electron chi connectivity index (χ1n) is 3.89. The van der Waals surface area contributed by atoms with Crippen LogP contribution in [0, 0.1) is 0 Å². The zero-order chi connectivity index (χ0) is 9.84. The molecule has 0 aliphatic carbocycles. The van der Waals surface area contributed by atoms with Crippen molar-refractivity contribution < 1.29 is 10.2 Å². The molecule has 1 aromatic rings. The highest BCUT2D eigenvalue weighted by molar-refractivity contribution is 6.03. The molecule has 0 radical (unpaired) electrons. The van der Waals surface area contributed by atoms with Gasteiger partial charge in [0.2, 0.25) is 0 Å². The van der Waals surface area contributed by atoms with Crippen molar-refractivity contribution in [2.75, 3.05) is 7.05 Å². The van der Waals surface area contributed by atoms with Crippen LogP contribution in [0.3, 0.4) is 0 Å². The molecular weight excluding hydrogens is 168 g/mol. The van der Waals surface area contributed by atoms with Gasteiger partial charge in [0, 0.05) is 7.05 Å². The van der Waals surface area contributed by atoms with Crippen molar-refractivity contribution in [2.45, 2.75) is 6.92 Å². The van der Waals surface area contributed by atoms with Crippen molar-refractivity contribution in [3.05, 3.63) is 23.8 Å². The van der Waals surface area contributed by atoms with Crippen molar-refractivity contribution >= 4 is 5.71 Å². The average Bonchev–Trinajstić information content (AvgIpc) is 2.04. The Bertz CT molecular complexity index is 314. The molecule has 1 rings (SSSR count). The van der Waals surface area contributed by atoms with Gasteiger partial charge in [-0.05, 0) is 19.1 Å². The van der Waals surface area contributed by atoms with Gasteiger partial charge in [-0.2, -0.15) is 5.10 Å². The molecule has 0 heterocycles. The first kappa shape index (κ1) is 9.38. The van der Waals surface area contributed by atoms with Crippen molar-refractivity contribution in [1.29, 1.82) is 0 Å². The molecule has 0 unspecified atom stereocenters. The minimum Gasteiger partial charge on any atom is -0.507 e. The summed E-state index contributed by atoms with van der Waals surface area (Å²) in [5.41, 5.74) is 3.48. The number of nitrogens with one attached hydrogen (secondary N) is 1. The zero-order valence-corrected chi connectivity index (χ0v) is 7.57. The van der Waals surface area contributed by atoms with Crippen LogP contribution in [0.5, 0.6) is 11.5 Å². The number of phenols is 2. The number of benzene rings is 1. The molecule has 0 spiro atoms. The molecule has 13 heavy (non-hydrogen) atoms. The maximum Gasteiger partial charge on any atom is 0.128 e. The standard InChI is InChI=1S/C9H12N2O2/c1-6(11-10-2)9-7(12)4-3-5-8(9)13/h3-5,10,12-13H,1-2H3/b11-6-. The Morgan fingerprint density at radius 2 is 1.85 bits per heavy atom. The lowest BCUT2D eigenvalue weighted by atomic mass is 10.1. The van der Waals surface area contributed by atoms with E-state index in [0.717, 1.165) is 0 Å². The fourth-order valence-electron chi connectivity index (χ4n) is 1.12. The highest BCUT2D eigenvalue weighted by Gasteiger charge is 2.09. The maximum absolute atomic E-state index is 9.42. The fraction of sp³-hybridized carbons (Fsp3) is 0.222. The van der Waals surface area contributed by atoms with Gasteiger partial charge < -0.3 is 15.6 Å². The molecule has 0 amide bonds. The minimum atomic E-state index is 0.0245. The van der Waals surface area contributed by atoms with E-state index >= 15 is 0 Å². The lowest BCUT2D eigenvalue weighted by molar-refractivity contribution is 0.448. The Labute approximate surface area is 76.5 Å². The second-order valence-electron chi connectivity index (χ2n) is 2.59. The number of aromatic hydroxyl groups is 2. The number of hydrazone groups is 1. The van der Waals surface area contributed by atoms with Crippen LogP contribution in [0.2, 0.25) is 0 Å². The molecule has 4 nitrogen and oxygen atoms in total. The van der Waals surface area contributed by atoms with Gasteiger partial charge in [-0.25, -0.2) is 0 Å². The van der Waals surface area contributed by atoms with E-state index in [-0.39, 0.29) is 11.5 Å². The summed E-state index contributed by atoms with van der Waals surface area (Å²) in [6, 6.07) is 4.58. The molecule has 0 aromatic heterocycles. The fourth-order valence-corrected chi connectivity index (χ4v) is 1.12. The molecule has 0 atom stereocenters. The molecular formula is C9H12N2O2. The predicted octanol–water partition coefficient (Wildman–Crippen LogP) is 1.04. The Kier molecular flexibility index (Phi) is 2.74. The van der Waals surface area contributed by atoms with E-state index in [1.165, 1.54) is 12.1 Å². The van der Waals surface area contributed by atoms with E-state index in [1.54, 1.807) is 20.0 Å². The largest absolute Gasteiger partial charge is 0.507 e. The Balaban J connectivity index is 3.20. The van der Waals surface area contributed by atoms with E-state index in [4.69, 9.17) is 0 Å². The second-order valence-corrected chi connectivity index (χ2v) is 2.59. The van der Waals surface area contributed by atoms with Crippen molar-refractivity contribution in [2.24, 2.45) is 5.10 Å². The summed E-state index contributed by atoms with van der Waals surface area (Å²) in [5, 5.41) is 22.7. The van der Waals surface area contributed by atoms with Gasteiger partial charge in [0.05, 0.1) is 11.3 Å². The van der Waals surface area contributed by atoms with Crippen LogP contribution in [0.25, 0.3) is 0 Å². The Hall–Kier alpha value is -1.71. The third kappa shape index (κ3) is 1.90. The third-order valence-corrected chi connectivity index (χ3v) is 1.66. The first-order chi connectivity index (χ1) is 6.16. The van der Waals surface area contributed by atoms with E-state index in [1.807, 2.05) is 0 Å². The summed E-state index contributed by atoms with van der Waals surface area (Å²) in [5.74, 6) is 0.0491. The monoisotopic (exact) mass is 180 g/mol. The van der Waals surface area contributed by atoms with Crippen molar-refractivity contribution in [1.82, 2.24) is 5.43 Å². The summed E-state index contributed by atoms with van der Waals surface area (Å²) in [4.78, 5) is 0. The van der Waals surface area contributed by atoms with E-state index < -0.39 is 0 Å². The van der Waals surface area contributed by atoms with Gasteiger partial charge in [-0.3, -0.25) is 0 Å². The number of hydrogen-bond acceptors (Lipinski definition) is 4. The van der Waals surface area contributed by atoms with E-state index in [0.29, 0.717) is 11.3 Å². The summed E-state index contributed by atoms with van der Waals surface area (Å²) in [6.07, 6.45) is 0. The topological polar surface area (TPSA) is 64.9 Å². The smallest absolute Gasteiger partial charge is 0.128 e. The Morgan fingerprint density at radius 1 is 1.31 bits per heavy atom. The highest BCUT2D eigenvalue weighted by atomic mass is 16.3. The summed E-state index contributed by atoms with van der Waals surface area (Å²) >= 11 is 0. The Morgan fingerprint density at radius 3 is 2.31 bits per heavy atom. The molecule has 3 N–H and O–H groups in total. The van der Waals surface area contributed by atoms with Crippen LogP contribution < -0.4 is 5.43 Å². The van der Waals surface area contributed by atoms with Crippen LogP contribution in [0.4, 0.5) is 0 Å². The number of rotatable bonds is 2. The van der Waals surface area contributed by atoms with Crippen LogP contribution in [-0.2, 0) is 0 Å². The molecule has 0 aliphatic heterocycles. The zero-order valence-electron chi connectivity index (χ0n) is 7.57. The predicted molar refractivity (Wildman–Crippen MR) is 51.0 cm³/mol. The highest BCUT2D eigenvalue weighted by Crippen LogP contribution is 2.26. The molecule has 1 aromatic carbocycles. The molecule has 70 valence electrons. The average molecular weight is 180 g/mol. The lowest BCUT2D eigenvalue weighted by Gasteiger charge is -2.05. The van der Waals surface area contributed by atoms with Gasteiger partial charge >= 0.3 is 0 Å². The van der Waals surface area contributed by atoms with Gasteiger partial charge in [0.15, 0.2) is 0 Å². The second kappa shape index (κ2) is 3.80. The SMILES string of the molecule is CN/N=C(/C)c1c(O)cccc1O. The lowest BCUT2D eigenvalue weighted by Crippen LogP contribution is -2.03. The quantitative estimate of drug-likeness (QED) is 0.470. The molecule has 0 fully saturated rings. The van der Waals surface area contributed by atoms with Crippen LogP contribution >= 0.6 is 0 Å². The summed E-state index contributed by atoms with van der Waals surface area (Å²) < 4.78 is 0. The van der Waals surface area contributed by atoms with Crippen LogP contribution in [0.15, 0.2) is 23.3 Å². The normalized spacial score (nSPS) is 11.4. The van der Waals surface area contributed by atoms with Crippen molar-refractivity contribution in [3.63, 3.8) is 0 Å².